The number of carbonyl (C=O) groups excluding carboxylic acids is 1. The summed E-state index contributed by atoms with van der Waals surface area (Å²) in [6, 6.07) is -1.01. The van der Waals surface area contributed by atoms with Gasteiger partial charge in [-0.15, -0.1) is 11.3 Å². The number of nitrogens with zero attached hydrogens (tertiary/aromatic N) is 2. The number of aliphatic carboxylic acids is 1. The Morgan fingerprint density at radius 1 is 1.48 bits per heavy atom. The molecule has 6 nitrogen and oxygen atoms in total. The lowest BCUT2D eigenvalue weighted by atomic mass is 10.2. The van der Waals surface area contributed by atoms with Crippen LogP contribution >= 0.6 is 11.3 Å². The molecular weight excluding hydrogens is 290 g/mol. The van der Waals surface area contributed by atoms with Crippen LogP contribution in [0.1, 0.15) is 50.2 Å². The Bertz CT molecular complexity index is 525. The van der Waals surface area contributed by atoms with Gasteiger partial charge in [0, 0.05) is 17.3 Å². The molecule has 0 unspecified atom stereocenters. The Morgan fingerprint density at radius 2 is 2.14 bits per heavy atom. The monoisotopic (exact) mass is 311 g/mol. The molecule has 1 aliphatic rings. The van der Waals surface area contributed by atoms with Crippen molar-refractivity contribution < 1.29 is 14.7 Å². The number of thiazole rings is 1. The average Bonchev–Trinajstić information content (AvgIpc) is 3.13. The van der Waals surface area contributed by atoms with Crippen molar-refractivity contribution in [2.75, 3.05) is 0 Å². The van der Waals surface area contributed by atoms with E-state index in [-0.39, 0.29) is 12.1 Å². The van der Waals surface area contributed by atoms with Gasteiger partial charge in [-0.2, -0.15) is 0 Å². The summed E-state index contributed by atoms with van der Waals surface area (Å²) in [4.78, 5) is 29.3. The Kier molecular flexibility index (Phi) is 4.82. The molecule has 7 heteroatoms. The number of carboxylic acids is 1. The number of aromatic nitrogens is 1. The minimum Gasteiger partial charge on any atom is -0.480 e. The molecule has 21 heavy (non-hydrogen) atoms. The fourth-order valence-electron chi connectivity index (χ4n) is 1.92. The van der Waals surface area contributed by atoms with Crippen molar-refractivity contribution in [2.24, 2.45) is 0 Å². The van der Waals surface area contributed by atoms with E-state index in [0.717, 1.165) is 23.5 Å². The molecule has 1 atom stereocenters. The third-order valence-electron chi connectivity index (χ3n) is 3.35. The smallest absolute Gasteiger partial charge is 0.325 e. The molecule has 2 rings (SSSR count). The summed E-state index contributed by atoms with van der Waals surface area (Å²) >= 11 is 1.60. The average molecular weight is 311 g/mol. The van der Waals surface area contributed by atoms with Gasteiger partial charge in [0.2, 0.25) is 0 Å². The molecule has 0 spiro atoms. The van der Waals surface area contributed by atoms with E-state index in [0.29, 0.717) is 12.5 Å². The van der Waals surface area contributed by atoms with Crippen molar-refractivity contribution in [3.63, 3.8) is 0 Å². The summed E-state index contributed by atoms with van der Waals surface area (Å²) in [5, 5.41) is 14.4. The minimum atomic E-state index is -1.03. The van der Waals surface area contributed by atoms with Gasteiger partial charge in [-0.25, -0.2) is 9.78 Å². The highest BCUT2D eigenvalue weighted by atomic mass is 32.1. The first-order valence-electron chi connectivity index (χ1n) is 7.12. The first-order chi connectivity index (χ1) is 9.88. The molecule has 0 saturated heterocycles. The summed E-state index contributed by atoms with van der Waals surface area (Å²) < 4.78 is 0. The second kappa shape index (κ2) is 6.43. The van der Waals surface area contributed by atoms with Gasteiger partial charge in [0.25, 0.3) is 0 Å². The number of hydrogen-bond acceptors (Lipinski definition) is 4. The maximum Gasteiger partial charge on any atom is 0.325 e. The molecular formula is C14H21N3O3S. The number of nitrogens with one attached hydrogen (secondary N) is 1. The predicted octanol–water partition coefficient (Wildman–Crippen LogP) is 2.41. The van der Waals surface area contributed by atoms with Crippen LogP contribution < -0.4 is 5.32 Å². The molecule has 2 N–H and O–H groups in total. The van der Waals surface area contributed by atoms with Crippen molar-refractivity contribution in [3.8, 4) is 0 Å². The molecule has 1 aliphatic carbocycles. The summed E-state index contributed by atoms with van der Waals surface area (Å²) in [5.74, 6) is -0.658. The molecule has 1 fully saturated rings. The van der Waals surface area contributed by atoms with Crippen LogP contribution in [0.2, 0.25) is 0 Å². The van der Waals surface area contributed by atoms with Crippen LogP contribution in [0.3, 0.4) is 0 Å². The van der Waals surface area contributed by atoms with Crippen LogP contribution in [-0.2, 0) is 11.3 Å². The van der Waals surface area contributed by atoms with Gasteiger partial charge in [-0.1, -0.05) is 13.8 Å². The standard InChI is InChI=1S/C14H21N3O3S/c1-8(2)12-16-10(7-21-12)6-17(11-4-5-11)14(20)15-9(3)13(18)19/h7-9,11H,4-6H2,1-3H3,(H,15,20)(H,18,19)/t9-/m0/s1. The molecule has 1 heterocycles. The predicted molar refractivity (Wildman–Crippen MR) is 80.4 cm³/mol. The maximum absolute atomic E-state index is 12.2. The highest BCUT2D eigenvalue weighted by Gasteiger charge is 2.34. The lowest BCUT2D eigenvalue weighted by Gasteiger charge is -2.23. The number of carbonyl (C=O) groups is 2. The number of carboxylic acid groups (broad SMARTS) is 1. The van der Waals surface area contributed by atoms with E-state index >= 15 is 0 Å². The van der Waals surface area contributed by atoms with E-state index < -0.39 is 12.0 Å². The number of hydrogen-bond donors (Lipinski definition) is 2. The Hall–Kier alpha value is -1.63. The Balaban J connectivity index is 2.01. The Labute approximate surface area is 128 Å². The second-order valence-corrected chi connectivity index (χ2v) is 6.59. The van der Waals surface area contributed by atoms with Crippen LogP contribution in [0.4, 0.5) is 4.79 Å². The highest BCUT2D eigenvalue weighted by molar-refractivity contribution is 7.09. The molecule has 1 saturated carbocycles. The number of amides is 2. The van der Waals surface area contributed by atoms with Gasteiger partial charge >= 0.3 is 12.0 Å². The summed E-state index contributed by atoms with van der Waals surface area (Å²) in [6.07, 6.45) is 1.94. The van der Waals surface area contributed by atoms with E-state index in [1.165, 1.54) is 6.92 Å². The zero-order valence-electron chi connectivity index (χ0n) is 12.5. The van der Waals surface area contributed by atoms with Gasteiger partial charge < -0.3 is 15.3 Å². The second-order valence-electron chi connectivity index (χ2n) is 5.70. The lowest BCUT2D eigenvalue weighted by Crippen LogP contribution is -2.47. The van der Waals surface area contributed by atoms with Crippen LogP contribution in [0, 0.1) is 0 Å². The lowest BCUT2D eigenvalue weighted by molar-refractivity contribution is -0.138. The Morgan fingerprint density at radius 3 is 2.62 bits per heavy atom. The first-order valence-corrected chi connectivity index (χ1v) is 8.00. The van der Waals surface area contributed by atoms with E-state index in [4.69, 9.17) is 5.11 Å². The van der Waals surface area contributed by atoms with E-state index in [1.807, 2.05) is 5.38 Å². The largest absolute Gasteiger partial charge is 0.480 e. The van der Waals surface area contributed by atoms with E-state index in [1.54, 1.807) is 16.2 Å². The third-order valence-corrected chi connectivity index (χ3v) is 4.55. The van der Waals surface area contributed by atoms with Gasteiger partial charge in [0.05, 0.1) is 17.2 Å². The quantitative estimate of drug-likeness (QED) is 0.845. The van der Waals surface area contributed by atoms with Crippen molar-refractivity contribution >= 4 is 23.3 Å². The first kappa shape index (κ1) is 15.8. The molecule has 2 amide bonds. The SMILES string of the molecule is CC(C)c1nc(CN(C(=O)N[C@@H](C)C(=O)O)C2CC2)cs1. The summed E-state index contributed by atoms with van der Waals surface area (Å²) in [7, 11) is 0. The number of rotatable bonds is 6. The molecule has 0 bridgehead atoms. The van der Waals surface area contributed by atoms with Crippen LogP contribution in [-0.4, -0.2) is 39.1 Å². The molecule has 0 aromatic carbocycles. The fraction of sp³-hybridized carbons (Fsp3) is 0.643. The van der Waals surface area contributed by atoms with Crippen molar-refractivity contribution in [3.05, 3.63) is 16.1 Å². The molecule has 0 aliphatic heterocycles. The minimum absolute atomic E-state index is 0.204. The van der Waals surface area contributed by atoms with Crippen molar-refractivity contribution in [1.29, 1.82) is 0 Å². The molecule has 1 aromatic heterocycles. The zero-order chi connectivity index (χ0) is 15.6. The summed E-state index contributed by atoms with van der Waals surface area (Å²) in [6.45, 7) is 6.07. The zero-order valence-corrected chi connectivity index (χ0v) is 13.3. The van der Waals surface area contributed by atoms with Crippen LogP contribution in [0.25, 0.3) is 0 Å². The van der Waals surface area contributed by atoms with Gasteiger partial charge in [0.1, 0.15) is 6.04 Å². The highest BCUT2D eigenvalue weighted by Crippen LogP contribution is 2.29. The fourth-order valence-corrected chi connectivity index (χ4v) is 2.74. The van der Waals surface area contributed by atoms with Gasteiger partial charge in [-0.05, 0) is 19.8 Å². The normalized spacial score (nSPS) is 15.8. The summed E-state index contributed by atoms with van der Waals surface area (Å²) in [5.41, 5.74) is 0.869. The topological polar surface area (TPSA) is 82.5 Å². The van der Waals surface area contributed by atoms with Crippen LogP contribution in [0.5, 0.6) is 0 Å². The molecule has 1 aromatic rings. The number of urea groups is 1. The third kappa shape index (κ3) is 4.17. The van der Waals surface area contributed by atoms with Crippen molar-refractivity contribution in [2.45, 2.75) is 58.2 Å². The van der Waals surface area contributed by atoms with E-state index in [2.05, 4.69) is 24.1 Å². The van der Waals surface area contributed by atoms with Gasteiger partial charge in [-0.3, -0.25) is 4.79 Å². The van der Waals surface area contributed by atoms with Gasteiger partial charge in [0.15, 0.2) is 0 Å². The van der Waals surface area contributed by atoms with Crippen LogP contribution in [0.15, 0.2) is 5.38 Å². The molecule has 116 valence electrons. The molecule has 0 radical (unpaired) electrons. The van der Waals surface area contributed by atoms with Crippen molar-refractivity contribution in [1.82, 2.24) is 15.2 Å². The van der Waals surface area contributed by atoms with E-state index in [9.17, 15) is 9.59 Å². The maximum atomic E-state index is 12.2.